The van der Waals surface area contributed by atoms with Gasteiger partial charge in [-0.15, -0.1) is 11.3 Å². The molecule has 0 spiro atoms. The van der Waals surface area contributed by atoms with Crippen LogP contribution in [0.25, 0.3) is 0 Å². The minimum absolute atomic E-state index is 0.552. The van der Waals surface area contributed by atoms with Crippen molar-refractivity contribution in [1.82, 2.24) is 0 Å². The van der Waals surface area contributed by atoms with Gasteiger partial charge in [0.2, 0.25) is 0 Å². The molecule has 0 saturated heterocycles. The Morgan fingerprint density at radius 3 is 2.50 bits per heavy atom. The van der Waals surface area contributed by atoms with Crippen LogP contribution in [-0.4, -0.2) is 6.29 Å². The molecule has 0 unspecified atom stereocenters. The molecule has 0 aliphatic rings. The van der Waals surface area contributed by atoms with Crippen LogP contribution in [-0.2, 0) is 6.61 Å². The van der Waals surface area contributed by atoms with Gasteiger partial charge in [0.05, 0.1) is 3.79 Å². The van der Waals surface area contributed by atoms with Gasteiger partial charge in [-0.25, -0.2) is 0 Å². The van der Waals surface area contributed by atoms with Gasteiger partial charge in [0.15, 0.2) is 0 Å². The third-order valence-corrected chi connectivity index (χ3v) is 3.62. The summed E-state index contributed by atoms with van der Waals surface area (Å²) < 4.78 is 6.68. The first kappa shape index (κ1) is 11.4. The minimum atomic E-state index is 0.552. The lowest BCUT2D eigenvalue weighted by Gasteiger charge is -2.03. The van der Waals surface area contributed by atoms with Gasteiger partial charge in [-0.05, 0) is 52.3 Å². The highest BCUT2D eigenvalue weighted by atomic mass is 79.9. The monoisotopic (exact) mass is 296 g/mol. The van der Waals surface area contributed by atoms with Crippen molar-refractivity contribution in [2.75, 3.05) is 0 Å². The fraction of sp³-hybridized carbons (Fsp3) is 0.0833. The summed E-state index contributed by atoms with van der Waals surface area (Å²) in [5.74, 6) is 0.773. The van der Waals surface area contributed by atoms with Gasteiger partial charge in [-0.2, -0.15) is 0 Å². The normalized spacial score (nSPS) is 10.1. The Kier molecular flexibility index (Phi) is 3.74. The smallest absolute Gasteiger partial charge is 0.150 e. The lowest BCUT2D eigenvalue weighted by Crippen LogP contribution is -1.92. The first-order valence-electron chi connectivity index (χ1n) is 4.70. The van der Waals surface area contributed by atoms with E-state index in [0.717, 1.165) is 20.7 Å². The molecule has 0 bridgehead atoms. The van der Waals surface area contributed by atoms with E-state index in [9.17, 15) is 4.79 Å². The number of rotatable bonds is 4. The molecule has 2 rings (SSSR count). The first-order valence-corrected chi connectivity index (χ1v) is 6.31. The summed E-state index contributed by atoms with van der Waals surface area (Å²) in [6.45, 7) is 0.552. The molecule has 0 saturated carbocycles. The Labute approximate surface area is 106 Å². The average Bonchev–Trinajstić information content (AvgIpc) is 2.73. The highest BCUT2D eigenvalue weighted by molar-refractivity contribution is 9.11. The molecule has 16 heavy (non-hydrogen) atoms. The molecule has 1 aromatic heterocycles. The largest absolute Gasteiger partial charge is 0.488 e. The molecule has 0 fully saturated rings. The molecule has 1 heterocycles. The third-order valence-electron chi connectivity index (χ3n) is 2.03. The van der Waals surface area contributed by atoms with Crippen molar-refractivity contribution in [3.8, 4) is 5.75 Å². The van der Waals surface area contributed by atoms with Gasteiger partial charge in [-0.3, -0.25) is 4.79 Å². The number of benzene rings is 1. The van der Waals surface area contributed by atoms with E-state index >= 15 is 0 Å². The van der Waals surface area contributed by atoms with Crippen molar-refractivity contribution in [3.05, 3.63) is 50.6 Å². The zero-order chi connectivity index (χ0) is 11.4. The number of halogens is 1. The van der Waals surface area contributed by atoms with Gasteiger partial charge in [0.25, 0.3) is 0 Å². The summed E-state index contributed by atoms with van der Waals surface area (Å²) >= 11 is 5.05. The fourth-order valence-corrected chi connectivity index (χ4v) is 2.62. The summed E-state index contributed by atoms with van der Waals surface area (Å²) in [6, 6.07) is 11.1. The molecule has 0 radical (unpaired) electrons. The van der Waals surface area contributed by atoms with E-state index in [1.165, 1.54) is 0 Å². The van der Waals surface area contributed by atoms with Crippen LogP contribution in [0.4, 0.5) is 0 Å². The lowest BCUT2D eigenvalue weighted by molar-refractivity contribution is 0.112. The van der Waals surface area contributed by atoms with E-state index in [1.54, 1.807) is 35.6 Å². The molecule has 0 amide bonds. The van der Waals surface area contributed by atoms with E-state index < -0.39 is 0 Å². The fourth-order valence-electron chi connectivity index (χ4n) is 1.23. The van der Waals surface area contributed by atoms with Gasteiger partial charge < -0.3 is 4.74 Å². The van der Waals surface area contributed by atoms with E-state index in [1.807, 2.05) is 12.1 Å². The number of thiophene rings is 1. The van der Waals surface area contributed by atoms with Crippen LogP contribution >= 0.6 is 27.3 Å². The topological polar surface area (TPSA) is 26.3 Å². The Balaban J connectivity index is 1.96. The van der Waals surface area contributed by atoms with Crippen LogP contribution in [0, 0.1) is 0 Å². The first-order chi connectivity index (χ1) is 7.78. The number of carbonyl (C=O) groups excluding carboxylic acids is 1. The van der Waals surface area contributed by atoms with Crippen molar-refractivity contribution in [2.24, 2.45) is 0 Å². The third kappa shape index (κ3) is 2.93. The van der Waals surface area contributed by atoms with Crippen molar-refractivity contribution in [3.63, 3.8) is 0 Å². The van der Waals surface area contributed by atoms with E-state index in [0.29, 0.717) is 12.2 Å². The molecular formula is C12H9BrO2S. The van der Waals surface area contributed by atoms with Gasteiger partial charge in [-0.1, -0.05) is 0 Å². The Morgan fingerprint density at radius 2 is 1.94 bits per heavy atom. The number of hydrogen-bond donors (Lipinski definition) is 0. The van der Waals surface area contributed by atoms with E-state index in [-0.39, 0.29) is 0 Å². The molecule has 0 atom stereocenters. The summed E-state index contributed by atoms with van der Waals surface area (Å²) in [5, 5.41) is 0. The average molecular weight is 297 g/mol. The highest BCUT2D eigenvalue weighted by Crippen LogP contribution is 2.23. The molecule has 0 aliphatic carbocycles. The Morgan fingerprint density at radius 1 is 1.19 bits per heavy atom. The zero-order valence-electron chi connectivity index (χ0n) is 8.35. The molecule has 2 nitrogen and oxygen atoms in total. The summed E-state index contributed by atoms with van der Waals surface area (Å²) in [5.41, 5.74) is 0.659. The maximum Gasteiger partial charge on any atom is 0.150 e. The quantitative estimate of drug-likeness (QED) is 0.800. The summed E-state index contributed by atoms with van der Waals surface area (Å²) in [6.07, 6.45) is 0.820. The molecule has 2 aromatic rings. The Bertz CT molecular complexity index is 476. The predicted molar refractivity (Wildman–Crippen MR) is 68.2 cm³/mol. The van der Waals surface area contributed by atoms with Gasteiger partial charge >= 0.3 is 0 Å². The molecule has 82 valence electrons. The van der Waals surface area contributed by atoms with E-state index in [2.05, 4.69) is 15.9 Å². The molecule has 0 aliphatic heterocycles. The van der Waals surface area contributed by atoms with Gasteiger partial charge in [0.1, 0.15) is 18.6 Å². The summed E-state index contributed by atoms with van der Waals surface area (Å²) in [4.78, 5) is 11.6. The van der Waals surface area contributed by atoms with Crippen molar-refractivity contribution in [1.29, 1.82) is 0 Å². The van der Waals surface area contributed by atoms with Crippen LogP contribution in [0.15, 0.2) is 40.2 Å². The highest BCUT2D eigenvalue weighted by Gasteiger charge is 1.99. The minimum Gasteiger partial charge on any atom is -0.488 e. The Hall–Kier alpha value is -1.13. The van der Waals surface area contributed by atoms with Crippen LogP contribution < -0.4 is 4.74 Å². The van der Waals surface area contributed by atoms with E-state index in [4.69, 9.17) is 4.74 Å². The van der Waals surface area contributed by atoms with Crippen molar-refractivity contribution >= 4 is 33.6 Å². The summed E-state index contributed by atoms with van der Waals surface area (Å²) in [7, 11) is 0. The molecule has 4 heteroatoms. The van der Waals surface area contributed by atoms with Gasteiger partial charge in [0, 0.05) is 10.4 Å². The number of hydrogen-bond acceptors (Lipinski definition) is 3. The molecule has 1 aromatic carbocycles. The number of aldehydes is 1. The predicted octanol–water partition coefficient (Wildman–Crippen LogP) is 3.90. The molecule has 0 N–H and O–H groups in total. The maximum absolute atomic E-state index is 10.5. The van der Waals surface area contributed by atoms with Crippen molar-refractivity contribution < 1.29 is 9.53 Å². The SMILES string of the molecule is O=Cc1ccc(OCc2ccc(Br)s2)cc1. The second-order valence-corrected chi connectivity index (χ2v) is 5.73. The second kappa shape index (κ2) is 5.27. The maximum atomic E-state index is 10.5. The van der Waals surface area contributed by atoms with Crippen LogP contribution in [0.5, 0.6) is 5.75 Å². The van der Waals surface area contributed by atoms with Crippen LogP contribution in [0.3, 0.4) is 0 Å². The van der Waals surface area contributed by atoms with Crippen LogP contribution in [0.2, 0.25) is 0 Å². The van der Waals surface area contributed by atoms with Crippen LogP contribution in [0.1, 0.15) is 15.2 Å². The standard InChI is InChI=1S/C12H9BrO2S/c13-12-6-5-11(16-12)8-15-10-3-1-9(7-14)2-4-10/h1-7H,8H2. The number of carbonyl (C=O) groups is 1. The van der Waals surface area contributed by atoms with Crippen molar-refractivity contribution in [2.45, 2.75) is 6.61 Å². The zero-order valence-corrected chi connectivity index (χ0v) is 10.8. The number of ether oxygens (including phenoxy) is 1. The molecular weight excluding hydrogens is 288 g/mol. The second-order valence-electron chi connectivity index (χ2n) is 3.18. The lowest BCUT2D eigenvalue weighted by atomic mass is 10.2.